The molecule has 3 rings (SSSR count). The number of hydrogen-bond acceptors (Lipinski definition) is 2. The highest BCUT2D eigenvalue weighted by Gasteiger charge is 2.14. The van der Waals surface area contributed by atoms with Crippen molar-refractivity contribution in [2.45, 2.75) is 13.8 Å². The quantitative estimate of drug-likeness (QED) is 0.778. The largest absolute Gasteiger partial charge is 0.478 e. The predicted molar refractivity (Wildman–Crippen MR) is 82.5 cm³/mol. The molecule has 3 aromatic rings. The van der Waals surface area contributed by atoms with Crippen LogP contribution in [-0.4, -0.2) is 20.6 Å². The summed E-state index contributed by atoms with van der Waals surface area (Å²) in [4.78, 5) is 15.7. The van der Waals surface area contributed by atoms with Gasteiger partial charge in [0, 0.05) is 5.02 Å². The van der Waals surface area contributed by atoms with Crippen molar-refractivity contribution in [3.05, 3.63) is 58.4 Å². The molecule has 0 amide bonds. The summed E-state index contributed by atoms with van der Waals surface area (Å²) < 4.78 is 1.93. The fourth-order valence-corrected chi connectivity index (χ4v) is 2.64. The maximum atomic E-state index is 11.2. The SMILES string of the molecule is Cc1c(Cl)cccc1-n1c(C)nc2ccc(C(=O)O)cc21. The Morgan fingerprint density at radius 1 is 1.24 bits per heavy atom. The molecule has 0 saturated carbocycles. The van der Waals surface area contributed by atoms with Crippen LogP contribution in [0.2, 0.25) is 5.02 Å². The molecule has 0 aliphatic heterocycles. The molecule has 2 aromatic carbocycles. The Labute approximate surface area is 126 Å². The molecule has 5 heteroatoms. The van der Waals surface area contributed by atoms with Gasteiger partial charge in [0.05, 0.1) is 22.3 Å². The van der Waals surface area contributed by atoms with Gasteiger partial charge in [-0.15, -0.1) is 0 Å². The van der Waals surface area contributed by atoms with Crippen LogP contribution in [0.1, 0.15) is 21.7 Å². The first-order valence-electron chi connectivity index (χ1n) is 6.47. The maximum absolute atomic E-state index is 11.2. The minimum atomic E-state index is -0.954. The number of nitrogens with zero attached hydrogens (tertiary/aromatic N) is 2. The fraction of sp³-hybridized carbons (Fsp3) is 0.125. The number of hydrogen-bond donors (Lipinski definition) is 1. The Kier molecular flexibility index (Phi) is 3.18. The number of imidazole rings is 1. The van der Waals surface area contributed by atoms with Crippen molar-refractivity contribution in [1.82, 2.24) is 9.55 Å². The minimum absolute atomic E-state index is 0.239. The third kappa shape index (κ3) is 2.17. The average Bonchev–Trinajstić information content (AvgIpc) is 2.77. The van der Waals surface area contributed by atoms with E-state index in [2.05, 4.69) is 4.98 Å². The first-order valence-corrected chi connectivity index (χ1v) is 6.84. The van der Waals surface area contributed by atoms with E-state index in [4.69, 9.17) is 16.7 Å². The normalized spacial score (nSPS) is 11.0. The third-order valence-electron chi connectivity index (χ3n) is 3.55. The number of aryl methyl sites for hydroxylation is 1. The Bertz CT molecular complexity index is 868. The van der Waals surface area contributed by atoms with Crippen molar-refractivity contribution in [2.24, 2.45) is 0 Å². The molecular weight excluding hydrogens is 288 g/mol. The molecule has 0 aliphatic rings. The Hall–Kier alpha value is -2.33. The fourth-order valence-electron chi connectivity index (χ4n) is 2.47. The first kappa shape index (κ1) is 13.6. The minimum Gasteiger partial charge on any atom is -0.478 e. The number of rotatable bonds is 2. The van der Waals surface area contributed by atoms with E-state index < -0.39 is 5.97 Å². The molecule has 1 heterocycles. The number of aromatic carboxylic acids is 1. The number of carboxylic acids is 1. The second-order valence-electron chi connectivity index (χ2n) is 4.89. The standard InChI is InChI=1S/C16H13ClN2O2/c1-9-12(17)4-3-5-14(9)19-10(2)18-13-7-6-11(16(20)21)8-15(13)19/h3-8H,1-2H3,(H,20,21). The van der Waals surface area contributed by atoms with Gasteiger partial charge in [-0.1, -0.05) is 17.7 Å². The second kappa shape index (κ2) is 4.90. The van der Waals surface area contributed by atoms with E-state index in [1.807, 2.05) is 36.6 Å². The Balaban J connectivity index is 2.36. The van der Waals surface area contributed by atoms with Crippen LogP contribution in [0.4, 0.5) is 0 Å². The summed E-state index contributed by atoms with van der Waals surface area (Å²) in [6.45, 7) is 3.82. The first-order chi connectivity index (χ1) is 9.99. The monoisotopic (exact) mass is 300 g/mol. The molecule has 0 unspecified atom stereocenters. The summed E-state index contributed by atoms with van der Waals surface area (Å²) in [5.74, 6) is -0.164. The summed E-state index contributed by atoms with van der Waals surface area (Å²) >= 11 is 6.19. The van der Waals surface area contributed by atoms with Crippen LogP contribution < -0.4 is 0 Å². The highest BCUT2D eigenvalue weighted by molar-refractivity contribution is 6.31. The van der Waals surface area contributed by atoms with Gasteiger partial charge < -0.3 is 5.11 Å². The van der Waals surface area contributed by atoms with Gasteiger partial charge in [0.15, 0.2) is 0 Å². The van der Waals surface area contributed by atoms with Gasteiger partial charge >= 0.3 is 5.97 Å². The lowest BCUT2D eigenvalue weighted by atomic mass is 10.1. The van der Waals surface area contributed by atoms with E-state index in [-0.39, 0.29) is 5.56 Å². The zero-order chi connectivity index (χ0) is 15.1. The summed E-state index contributed by atoms with van der Waals surface area (Å²) in [5, 5.41) is 9.83. The molecule has 0 radical (unpaired) electrons. The molecule has 0 fully saturated rings. The van der Waals surface area contributed by atoms with Crippen molar-refractivity contribution in [2.75, 3.05) is 0 Å². The molecule has 0 saturated heterocycles. The van der Waals surface area contributed by atoms with E-state index in [9.17, 15) is 4.79 Å². The summed E-state index contributed by atoms with van der Waals surface area (Å²) in [7, 11) is 0. The number of fused-ring (bicyclic) bond motifs is 1. The van der Waals surface area contributed by atoms with Gasteiger partial charge in [-0.05, 0) is 49.7 Å². The van der Waals surface area contributed by atoms with Crippen molar-refractivity contribution < 1.29 is 9.90 Å². The van der Waals surface area contributed by atoms with Crippen LogP contribution in [0.5, 0.6) is 0 Å². The van der Waals surface area contributed by atoms with Gasteiger partial charge in [-0.2, -0.15) is 0 Å². The van der Waals surface area contributed by atoms with Crippen molar-refractivity contribution in [3.8, 4) is 5.69 Å². The van der Waals surface area contributed by atoms with E-state index in [1.165, 1.54) is 0 Å². The van der Waals surface area contributed by atoms with Gasteiger partial charge in [-0.3, -0.25) is 4.57 Å². The average molecular weight is 301 g/mol. The van der Waals surface area contributed by atoms with Crippen molar-refractivity contribution in [3.63, 3.8) is 0 Å². The highest BCUT2D eigenvalue weighted by atomic mass is 35.5. The smallest absolute Gasteiger partial charge is 0.335 e. The third-order valence-corrected chi connectivity index (χ3v) is 3.96. The molecule has 0 aliphatic carbocycles. The van der Waals surface area contributed by atoms with Crippen LogP contribution in [0.15, 0.2) is 36.4 Å². The number of halogens is 1. The molecule has 1 aromatic heterocycles. The zero-order valence-electron chi connectivity index (χ0n) is 11.6. The molecule has 0 spiro atoms. The van der Waals surface area contributed by atoms with Crippen LogP contribution in [0.3, 0.4) is 0 Å². The lowest BCUT2D eigenvalue weighted by Crippen LogP contribution is -2.01. The maximum Gasteiger partial charge on any atom is 0.335 e. The van der Waals surface area contributed by atoms with Crippen LogP contribution >= 0.6 is 11.6 Å². The predicted octanol–water partition coefficient (Wildman–Crippen LogP) is 3.99. The van der Waals surface area contributed by atoms with Crippen molar-refractivity contribution in [1.29, 1.82) is 0 Å². The molecule has 0 bridgehead atoms. The molecule has 0 atom stereocenters. The zero-order valence-corrected chi connectivity index (χ0v) is 12.3. The molecule has 1 N–H and O–H groups in total. The van der Waals surface area contributed by atoms with Crippen LogP contribution in [0.25, 0.3) is 16.7 Å². The Morgan fingerprint density at radius 3 is 2.71 bits per heavy atom. The molecule has 106 valence electrons. The number of aromatic nitrogens is 2. The highest BCUT2D eigenvalue weighted by Crippen LogP contribution is 2.27. The number of carbonyl (C=O) groups is 1. The van der Waals surface area contributed by atoms with Gasteiger partial charge in [0.2, 0.25) is 0 Å². The lowest BCUT2D eigenvalue weighted by molar-refractivity contribution is 0.0697. The molecular formula is C16H13ClN2O2. The summed E-state index contributed by atoms with van der Waals surface area (Å²) in [6, 6.07) is 10.6. The molecule has 4 nitrogen and oxygen atoms in total. The number of benzene rings is 2. The number of carboxylic acid groups (broad SMARTS) is 1. The Morgan fingerprint density at radius 2 is 2.00 bits per heavy atom. The summed E-state index contributed by atoms with van der Waals surface area (Å²) in [6.07, 6.45) is 0. The van der Waals surface area contributed by atoms with Crippen LogP contribution in [-0.2, 0) is 0 Å². The van der Waals surface area contributed by atoms with E-state index >= 15 is 0 Å². The van der Waals surface area contributed by atoms with E-state index in [0.29, 0.717) is 5.02 Å². The second-order valence-corrected chi connectivity index (χ2v) is 5.29. The lowest BCUT2D eigenvalue weighted by Gasteiger charge is -2.11. The van der Waals surface area contributed by atoms with Crippen LogP contribution in [0, 0.1) is 13.8 Å². The topological polar surface area (TPSA) is 55.1 Å². The van der Waals surface area contributed by atoms with E-state index in [0.717, 1.165) is 28.1 Å². The molecule has 21 heavy (non-hydrogen) atoms. The van der Waals surface area contributed by atoms with Gasteiger partial charge in [0.25, 0.3) is 0 Å². The summed E-state index contributed by atoms with van der Waals surface area (Å²) in [5.41, 5.74) is 3.60. The van der Waals surface area contributed by atoms with Gasteiger partial charge in [0.1, 0.15) is 5.82 Å². The van der Waals surface area contributed by atoms with E-state index in [1.54, 1.807) is 18.2 Å². The van der Waals surface area contributed by atoms with Gasteiger partial charge in [-0.25, -0.2) is 9.78 Å². The van der Waals surface area contributed by atoms with Crippen molar-refractivity contribution >= 4 is 28.6 Å².